The summed E-state index contributed by atoms with van der Waals surface area (Å²) >= 11 is 0. The first kappa shape index (κ1) is 22.9. The number of methoxy groups -OCH3 is 1. The maximum absolute atomic E-state index is 13.0. The van der Waals surface area contributed by atoms with Gasteiger partial charge in [0.05, 0.1) is 7.11 Å². The smallest absolute Gasteiger partial charge is 0.255 e. The van der Waals surface area contributed by atoms with E-state index in [0.29, 0.717) is 13.1 Å². The van der Waals surface area contributed by atoms with Gasteiger partial charge >= 0.3 is 0 Å². The van der Waals surface area contributed by atoms with Crippen molar-refractivity contribution in [1.29, 1.82) is 0 Å². The summed E-state index contributed by atoms with van der Waals surface area (Å²) in [6.07, 6.45) is 0. The molecule has 2 rings (SSSR count). The second kappa shape index (κ2) is 9.41. The minimum atomic E-state index is -3.77. The predicted octanol–water partition coefficient (Wildman–Crippen LogP) is 4.41. The van der Waals surface area contributed by atoms with Crippen LogP contribution in [-0.2, 0) is 10.0 Å². The van der Waals surface area contributed by atoms with Gasteiger partial charge in [-0.05, 0) is 42.2 Å². The lowest BCUT2D eigenvalue weighted by Crippen LogP contribution is -2.31. The Morgan fingerprint density at radius 1 is 1.14 bits per heavy atom. The van der Waals surface area contributed by atoms with Crippen molar-refractivity contribution in [3.8, 4) is 5.75 Å². The van der Waals surface area contributed by atoms with Crippen molar-refractivity contribution < 1.29 is 17.9 Å². The van der Waals surface area contributed by atoms with Gasteiger partial charge in [-0.25, -0.2) is 8.42 Å². The molecule has 0 aliphatic carbocycles. The van der Waals surface area contributed by atoms with E-state index in [2.05, 4.69) is 19.2 Å². The normalized spacial score (nSPS) is 11.7. The molecule has 1 amide bonds. The Labute approximate surface area is 173 Å². The van der Waals surface area contributed by atoms with E-state index in [1.807, 2.05) is 25.1 Å². The topological polar surface area (TPSA) is 75.7 Å². The minimum Gasteiger partial charge on any atom is -0.495 e. The van der Waals surface area contributed by atoms with E-state index in [1.54, 1.807) is 19.9 Å². The van der Waals surface area contributed by atoms with Gasteiger partial charge in [0, 0.05) is 24.3 Å². The highest BCUT2D eigenvalue weighted by atomic mass is 32.2. The quantitative estimate of drug-likeness (QED) is 0.689. The zero-order valence-corrected chi connectivity index (χ0v) is 18.8. The monoisotopic (exact) mass is 418 g/mol. The second-order valence-corrected chi connectivity index (χ2v) is 9.01. The summed E-state index contributed by atoms with van der Waals surface area (Å²) in [7, 11) is -2.36. The first-order valence-electron chi connectivity index (χ1n) is 9.76. The molecule has 0 radical (unpaired) electrons. The fourth-order valence-corrected chi connectivity index (χ4v) is 4.89. The molecule has 0 fully saturated rings. The highest BCUT2D eigenvalue weighted by molar-refractivity contribution is 7.89. The zero-order chi connectivity index (χ0) is 21.8. The lowest BCUT2D eigenvalue weighted by Gasteiger charge is -2.21. The Hall–Kier alpha value is -2.38. The van der Waals surface area contributed by atoms with Crippen LogP contribution in [0.15, 0.2) is 41.3 Å². The van der Waals surface area contributed by atoms with Crippen LogP contribution in [0.3, 0.4) is 0 Å². The van der Waals surface area contributed by atoms with Crippen LogP contribution in [0.1, 0.15) is 55.1 Å². The lowest BCUT2D eigenvalue weighted by molar-refractivity contribution is 0.102. The van der Waals surface area contributed by atoms with Crippen LogP contribution < -0.4 is 10.1 Å². The maximum Gasteiger partial charge on any atom is 0.255 e. The van der Waals surface area contributed by atoms with E-state index in [4.69, 9.17) is 4.74 Å². The summed E-state index contributed by atoms with van der Waals surface area (Å²) in [6, 6.07) is 10.4. The minimum absolute atomic E-state index is 0.00906. The average molecular weight is 419 g/mol. The largest absolute Gasteiger partial charge is 0.495 e. The van der Waals surface area contributed by atoms with E-state index in [9.17, 15) is 13.2 Å². The molecule has 2 aromatic carbocycles. The molecule has 0 aliphatic rings. The van der Waals surface area contributed by atoms with Gasteiger partial charge in [-0.3, -0.25) is 4.79 Å². The molecule has 158 valence electrons. The van der Waals surface area contributed by atoms with Crippen LogP contribution in [0, 0.1) is 6.92 Å². The van der Waals surface area contributed by atoms with Gasteiger partial charge in [-0.2, -0.15) is 4.31 Å². The van der Waals surface area contributed by atoms with E-state index >= 15 is 0 Å². The van der Waals surface area contributed by atoms with E-state index in [-0.39, 0.29) is 28.0 Å². The van der Waals surface area contributed by atoms with E-state index in [1.165, 1.54) is 23.5 Å². The number of nitrogens with zero attached hydrogens (tertiary/aromatic N) is 1. The van der Waals surface area contributed by atoms with E-state index < -0.39 is 10.0 Å². The molecule has 0 unspecified atom stereocenters. The number of carbonyl (C=O) groups is 1. The number of sulfonamides is 1. The SMILES string of the molecule is CCN(CC)S(=O)(=O)c1cc(C(=O)Nc2c(C)cccc2C(C)C)ccc1OC. The van der Waals surface area contributed by atoms with Gasteiger partial charge in [0.25, 0.3) is 5.91 Å². The number of amides is 1. The summed E-state index contributed by atoms with van der Waals surface area (Å²) in [5, 5.41) is 2.96. The van der Waals surface area contributed by atoms with Crippen molar-refractivity contribution in [2.45, 2.75) is 45.4 Å². The van der Waals surface area contributed by atoms with Gasteiger partial charge in [0.1, 0.15) is 10.6 Å². The van der Waals surface area contributed by atoms with Crippen molar-refractivity contribution in [2.24, 2.45) is 0 Å². The highest BCUT2D eigenvalue weighted by Gasteiger charge is 2.27. The fraction of sp³-hybridized carbons (Fsp3) is 0.409. The summed E-state index contributed by atoms with van der Waals surface area (Å²) in [5.74, 6) is 0.0896. The van der Waals surface area contributed by atoms with Crippen molar-refractivity contribution in [3.05, 3.63) is 53.1 Å². The number of carbonyl (C=O) groups excluding carboxylic acids is 1. The number of nitrogens with one attached hydrogen (secondary N) is 1. The number of benzene rings is 2. The molecule has 6 nitrogen and oxygen atoms in total. The van der Waals surface area contributed by atoms with Crippen LogP contribution in [0.2, 0.25) is 0 Å². The molecule has 0 aliphatic heterocycles. The van der Waals surface area contributed by atoms with Crippen LogP contribution in [0.5, 0.6) is 5.75 Å². The Morgan fingerprint density at radius 3 is 2.34 bits per heavy atom. The lowest BCUT2D eigenvalue weighted by atomic mass is 9.98. The molecule has 0 saturated carbocycles. The van der Waals surface area contributed by atoms with Crippen molar-refractivity contribution >= 4 is 21.6 Å². The third-order valence-electron chi connectivity index (χ3n) is 4.91. The Kier molecular flexibility index (Phi) is 7.43. The number of ether oxygens (including phenoxy) is 1. The molecule has 2 aromatic rings. The molecular weight excluding hydrogens is 388 g/mol. The van der Waals surface area contributed by atoms with Gasteiger partial charge in [0.15, 0.2) is 0 Å². The molecular formula is C22H30N2O4S. The van der Waals surface area contributed by atoms with Crippen LogP contribution in [0.4, 0.5) is 5.69 Å². The van der Waals surface area contributed by atoms with Crippen molar-refractivity contribution in [1.82, 2.24) is 4.31 Å². The molecule has 0 aromatic heterocycles. The molecule has 0 saturated heterocycles. The number of para-hydroxylation sites is 1. The molecule has 0 heterocycles. The van der Waals surface area contributed by atoms with Gasteiger partial charge in [-0.15, -0.1) is 0 Å². The highest BCUT2D eigenvalue weighted by Crippen LogP contribution is 2.30. The molecule has 7 heteroatoms. The van der Waals surface area contributed by atoms with Gasteiger partial charge in [-0.1, -0.05) is 45.9 Å². The van der Waals surface area contributed by atoms with Crippen LogP contribution in [-0.4, -0.2) is 38.8 Å². The third kappa shape index (κ3) is 4.79. The summed E-state index contributed by atoms with van der Waals surface area (Å²) in [4.78, 5) is 13.0. The first-order valence-corrected chi connectivity index (χ1v) is 11.2. The predicted molar refractivity (Wildman–Crippen MR) is 116 cm³/mol. The van der Waals surface area contributed by atoms with Gasteiger partial charge in [0.2, 0.25) is 10.0 Å². The van der Waals surface area contributed by atoms with E-state index in [0.717, 1.165) is 16.8 Å². The molecule has 0 bridgehead atoms. The van der Waals surface area contributed by atoms with Crippen LogP contribution >= 0.6 is 0 Å². The number of hydrogen-bond donors (Lipinski definition) is 1. The van der Waals surface area contributed by atoms with Crippen LogP contribution in [0.25, 0.3) is 0 Å². The standard InChI is InChI=1S/C22H30N2O4S/c1-7-24(8-2)29(26,27)20-14-17(12-13-19(20)28-6)22(25)23-21-16(5)10-9-11-18(21)15(3)4/h9-15H,7-8H2,1-6H3,(H,23,25). The summed E-state index contributed by atoms with van der Waals surface area (Å²) in [5.41, 5.74) is 3.00. The molecule has 0 atom stereocenters. The van der Waals surface area contributed by atoms with Crippen molar-refractivity contribution in [3.63, 3.8) is 0 Å². The van der Waals surface area contributed by atoms with Gasteiger partial charge < -0.3 is 10.1 Å². The number of hydrogen-bond acceptors (Lipinski definition) is 4. The Balaban J connectivity index is 2.49. The number of rotatable bonds is 8. The zero-order valence-electron chi connectivity index (χ0n) is 17.9. The summed E-state index contributed by atoms with van der Waals surface area (Å²) in [6.45, 7) is 10.3. The summed E-state index contributed by atoms with van der Waals surface area (Å²) < 4.78 is 32.6. The molecule has 29 heavy (non-hydrogen) atoms. The first-order chi connectivity index (χ1) is 13.7. The average Bonchev–Trinajstić information content (AvgIpc) is 2.69. The number of anilines is 1. The number of aryl methyl sites for hydroxylation is 1. The Bertz CT molecular complexity index is 980. The molecule has 0 spiro atoms. The fourth-order valence-electron chi connectivity index (χ4n) is 3.25. The third-order valence-corrected chi connectivity index (χ3v) is 6.99. The maximum atomic E-state index is 13.0. The van der Waals surface area contributed by atoms with Crippen molar-refractivity contribution in [2.75, 3.05) is 25.5 Å². The molecule has 1 N–H and O–H groups in total. The second-order valence-electron chi connectivity index (χ2n) is 7.10. The Morgan fingerprint density at radius 2 is 1.79 bits per heavy atom.